The van der Waals surface area contributed by atoms with Crippen LogP contribution >= 0.6 is 23.1 Å². The van der Waals surface area contributed by atoms with E-state index in [1.54, 1.807) is 35.2 Å². The number of benzene rings is 2. The Morgan fingerprint density at radius 3 is 2.77 bits per heavy atom. The lowest BCUT2D eigenvalue weighted by molar-refractivity contribution is 0.0537. The maximum Gasteiger partial charge on any atom is 0.274 e. The number of nitrogen functional groups attached to an aromatic ring is 1. The van der Waals surface area contributed by atoms with E-state index in [4.69, 9.17) is 15.6 Å². The Bertz CT molecular complexity index is 1030. The van der Waals surface area contributed by atoms with Crippen molar-refractivity contribution < 1.29 is 9.63 Å². The Morgan fingerprint density at radius 1 is 1.15 bits per heavy atom. The summed E-state index contributed by atoms with van der Waals surface area (Å²) in [4.78, 5) is 24.7. The lowest BCUT2D eigenvalue weighted by atomic mass is 10.1. The van der Waals surface area contributed by atoms with Gasteiger partial charge in [0.25, 0.3) is 5.91 Å². The van der Waals surface area contributed by atoms with Crippen molar-refractivity contribution in [1.29, 1.82) is 0 Å². The van der Waals surface area contributed by atoms with Crippen molar-refractivity contribution >= 4 is 46.1 Å². The molecule has 0 saturated heterocycles. The zero-order valence-electron chi connectivity index (χ0n) is 13.9. The van der Waals surface area contributed by atoms with E-state index in [0.717, 1.165) is 31.6 Å². The monoisotopic (exact) mass is 381 g/mol. The Morgan fingerprint density at radius 2 is 2.00 bits per heavy atom. The number of fused-ring (bicyclic) bond motifs is 2. The van der Waals surface area contributed by atoms with E-state index in [9.17, 15) is 4.79 Å². The van der Waals surface area contributed by atoms with Crippen LogP contribution in [-0.4, -0.2) is 18.7 Å². The van der Waals surface area contributed by atoms with Crippen molar-refractivity contribution in [2.24, 2.45) is 4.99 Å². The fraction of sp³-hybridized carbons (Fsp3) is 0.0526. The van der Waals surface area contributed by atoms with Crippen LogP contribution in [-0.2, 0) is 4.84 Å². The molecule has 0 atom stereocenters. The standard InChI is InChI=1S/C19H15N3O2S2/c1-24-22-19(23)11-6-7-16-14(10-11)21-17(18-13(20)8-9-25-18)12-4-2-3-5-15(12)26-16/h2-10H,20H2,1H3,(H,22,23). The topological polar surface area (TPSA) is 76.7 Å². The number of aliphatic imine (C=N–C) groups is 1. The molecule has 3 aromatic rings. The molecule has 2 aromatic carbocycles. The Hall–Kier alpha value is -2.61. The largest absolute Gasteiger partial charge is 0.397 e. The normalized spacial score (nSPS) is 12.6. The van der Waals surface area contributed by atoms with Crippen molar-refractivity contribution in [3.63, 3.8) is 0 Å². The first-order chi connectivity index (χ1) is 12.7. The number of rotatable bonds is 3. The van der Waals surface area contributed by atoms with Crippen molar-refractivity contribution in [3.05, 3.63) is 69.9 Å². The van der Waals surface area contributed by atoms with Crippen LogP contribution in [0.1, 0.15) is 20.8 Å². The van der Waals surface area contributed by atoms with Crippen LogP contribution in [0.5, 0.6) is 0 Å². The molecule has 26 heavy (non-hydrogen) atoms. The summed E-state index contributed by atoms with van der Waals surface area (Å²) in [6, 6.07) is 15.4. The average Bonchev–Trinajstić information content (AvgIpc) is 2.99. The van der Waals surface area contributed by atoms with Crippen LogP contribution in [0, 0.1) is 0 Å². The van der Waals surface area contributed by atoms with Crippen LogP contribution in [0.15, 0.2) is 68.7 Å². The molecule has 0 bridgehead atoms. The van der Waals surface area contributed by atoms with Crippen LogP contribution < -0.4 is 11.2 Å². The molecular formula is C19H15N3O2S2. The van der Waals surface area contributed by atoms with Gasteiger partial charge in [0.1, 0.15) is 0 Å². The van der Waals surface area contributed by atoms with Gasteiger partial charge in [0, 0.05) is 20.9 Å². The Labute approximate surface area is 158 Å². The van der Waals surface area contributed by atoms with E-state index in [0.29, 0.717) is 11.3 Å². The third-order valence-corrected chi connectivity index (χ3v) is 6.00. The number of hydrogen-bond acceptors (Lipinski definition) is 6. The number of carbonyl (C=O) groups is 1. The highest BCUT2D eigenvalue weighted by Gasteiger charge is 2.21. The fourth-order valence-corrected chi connectivity index (χ4v) is 4.54. The highest BCUT2D eigenvalue weighted by Crippen LogP contribution is 2.42. The van der Waals surface area contributed by atoms with Gasteiger partial charge < -0.3 is 5.73 Å². The molecule has 1 aromatic heterocycles. The highest BCUT2D eigenvalue weighted by molar-refractivity contribution is 7.99. The van der Waals surface area contributed by atoms with Gasteiger partial charge in [-0.1, -0.05) is 30.0 Å². The number of hydrogen-bond donors (Lipinski definition) is 2. The summed E-state index contributed by atoms with van der Waals surface area (Å²) in [6.07, 6.45) is 0. The minimum atomic E-state index is -0.311. The fourth-order valence-electron chi connectivity index (χ4n) is 2.72. The number of anilines is 1. The van der Waals surface area contributed by atoms with E-state index >= 15 is 0 Å². The first-order valence-corrected chi connectivity index (χ1v) is 9.53. The minimum absolute atomic E-state index is 0.311. The predicted molar refractivity (Wildman–Crippen MR) is 106 cm³/mol. The van der Waals surface area contributed by atoms with Crippen molar-refractivity contribution in [2.45, 2.75) is 9.79 Å². The third kappa shape index (κ3) is 3.01. The second-order valence-electron chi connectivity index (χ2n) is 5.58. The van der Waals surface area contributed by atoms with Gasteiger partial charge in [-0.2, -0.15) is 0 Å². The zero-order valence-corrected chi connectivity index (χ0v) is 15.5. The molecule has 7 heteroatoms. The van der Waals surface area contributed by atoms with Crippen LogP contribution in [0.3, 0.4) is 0 Å². The highest BCUT2D eigenvalue weighted by atomic mass is 32.2. The molecule has 1 amide bonds. The van der Waals surface area contributed by atoms with E-state index in [1.165, 1.54) is 7.11 Å². The van der Waals surface area contributed by atoms with Crippen LogP contribution in [0.2, 0.25) is 0 Å². The van der Waals surface area contributed by atoms with E-state index < -0.39 is 0 Å². The van der Waals surface area contributed by atoms with Gasteiger partial charge in [0.05, 0.1) is 29.1 Å². The van der Waals surface area contributed by atoms with Crippen molar-refractivity contribution in [1.82, 2.24) is 5.48 Å². The summed E-state index contributed by atoms with van der Waals surface area (Å²) in [5.74, 6) is -0.311. The molecule has 5 nitrogen and oxygen atoms in total. The number of nitrogens with two attached hydrogens (primary N) is 1. The van der Waals surface area contributed by atoms with Gasteiger partial charge in [0.2, 0.25) is 0 Å². The molecule has 0 aliphatic carbocycles. The summed E-state index contributed by atoms with van der Waals surface area (Å²) in [6.45, 7) is 0. The summed E-state index contributed by atoms with van der Waals surface area (Å²) >= 11 is 3.19. The number of amides is 1. The predicted octanol–water partition coefficient (Wildman–Crippen LogP) is 4.26. The first kappa shape index (κ1) is 16.8. The number of carbonyl (C=O) groups excluding carboxylic acids is 1. The van der Waals surface area contributed by atoms with E-state index in [-0.39, 0.29) is 5.91 Å². The summed E-state index contributed by atoms with van der Waals surface area (Å²) in [7, 11) is 1.41. The lowest BCUT2D eigenvalue weighted by Crippen LogP contribution is -2.21. The van der Waals surface area contributed by atoms with Gasteiger partial charge in [-0.25, -0.2) is 10.5 Å². The molecule has 130 valence electrons. The second-order valence-corrected chi connectivity index (χ2v) is 7.58. The first-order valence-electron chi connectivity index (χ1n) is 7.84. The molecular weight excluding hydrogens is 366 g/mol. The molecule has 0 spiro atoms. The van der Waals surface area contributed by atoms with Gasteiger partial charge in [-0.05, 0) is 35.7 Å². The summed E-state index contributed by atoms with van der Waals surface area (Å²) in [5, 5.41) is 1.96. The van der Waals surface area contributed by atoms with Crippen molar-refractivity contribution in [2.75, 3.05) is 12.8 Å². The van der Waals surface area contributed by atoms with Gasteiger partial charge in [-0.15, -0.1) is 11.3 Å². The minimum Gasteiger partial charge on any atom is -0.397 e. The van der Waals surface area contributed by atoms with E-state index in [1.807, 2.05) is 35.7 Å². The number of hydroxylamine groups is 1. The molecule has 0 radical (unpaired) electrons. The maximum absolute atomic E-state index is 12.1. The summed E-state index contributed by atoms with van der Waals surface area (Å²) < 4.78 is 0. The second kappa shape index (κ2) is 6.95. The molecule has 0 saturated carbocycles. The maximum atomic E-state index is 12.1. The smallest absolute Gasteiger partial charge is 0.274 e. The molecule has 1 aliphatic rings. The summed E-state index contributed by atoms with van der Waals surface area (Å²) in [5.41, 5.74) is 12.3. The number of nitrogens with zero attached hydrogens (tertiary/aromatic N) is 1. The molecule has 0 unspecified atom stereocenters. The molecule has 1 aliphatic heterocycles. The van der Waals surface area contributed by atoms with E-state index in [2.05, 4.69) is 11.5 Å². The van der Waals surface area contributed by atoms with Crippen LogP contribution in [0.25, 0.3) is 0 Å². The van der Waals surface area contributed by atoms with Gasteiger partial charge in [0.15, 0.2) is 0 Å². The van der Waals surface area contributed by atoms with Gasteiger partial charge >= 0.3 is 0 Å². The average molecular weight is 381 g/mol. The number of nitrogens with one attached hydrogen (secondary N) is 1. The third-order valence-electron chi connectivity index (χ3n) is 3.92. The SMILES string of the molecule is CONC(=O)c1ccc2c(c1)N=C(c1sccc1N)c1ccccc1S2. The zero-order chi connectivity index (χ0) is 18.1. The Balaban J connectivity index is 1.91. The quantitative estimate of drug-likeness (QED) is 0.520. The number of thiophene rings is 1. The molecule has 4 rings (SSSR count). The Kier molecular flexibility index (Phi) is 4.50. The van der Waals surface area contributed by atoms with Crippen molar-refractivity contribution in [3.8, 4) is 0 Å². The molecule has 0 fully saturated rings. The van der Waals surface area contributed by atoms with Gasteiger partial charge in [-0.3, -0.25) is 9.63 Å². The molecule has 3 N–H and O–H groups in total. The lowest BCUT2D eigenvalue weighted by Gasteiger charge is -2.07. The van der Waals surface area contributed by atoms with Crippen LogP contribution in [0.4, 0.5) is 11.4 Å². The molecule has 2 heterocycles.